The Kier molecular flexibility index (Phi) is 4.49. The number of imide groups is 1. The van der Waals surface area contributed by atoms with Crippen molar-refractivity contribution in [2.24, 2.45) is 0 Å². The molecule has 0 bridgehead atoms. The highest BCUT2D eigenvalue weighted by molar-refractivity contribution is 6.11. The molecule has 2 heterocycles. The highest BCUT2D eigenvalue weighted by Gasteiger charge is 2.32. The SMILES string of the molecule is O=C(CN1C(=O)Cc2ccccc2C1=O)OCC(=O)c1cc2ccccc2o1. The molecule has 140 valence electrons. The van der Waals surface area contributed by atoms with Crippen LogP contribution in [0.25, 0.3) is 11.0 Å². The summed E-state index contributed by atoms with van der Waals surface area (Å²) in [6.45, 7) is -1.08. The van der Waals surface area contributed by atoms with Crippen LogP contribution in [0, 0.1) is 0 Å². The van der Waals surface area contributed by atoms with E-state index >= 15 is 0 Å². The lowest BCUT2D eigenvalue weighted by Crippen LogP contribution is -2.45. The van der Waals surface area contributed by atoms with Gasteiger partial charge in [0.15, 0.2) is 12.4 Å². The third kappa shape index (κ3) is 3.29. The number of hydrogen-bond acceptors (Lipinski definition) is 6. The second-order valence-electron chi connectivity index (χ2n) is 6.35. The Hall–Kier alpha value is -3.74. The summed E-state index contributed by atoms with van der Waals surface area (Å²) in [5.74, 6) is -2.30. The molecule has 7 nitrogen and oxygen atoms in total. The Morgan fingerprint density at radius 1 is 1.04 bits per heavy atom. The van der Waals surface area contributed by atoms with E-state index < -0.39 is 36.7 Å². The van der Waals surface area contributed by atoms with E-state index in [1.807, 2.05) is 6.07 Å². The number of rotatable bonds is 5. The molecule has 0 radical (unpaired) electrons. The fourth-order valence-electron chi connectivity index (χ4n) is 3.07. The number of amides is 2. The summed E-state index contributed by atoms with van der Waals surface area (Å²) in [5.41, 5.74) is 1.57. The first-order valence-corrected chi connectivity index (χ1v) is 8.63. The number of esters is 1. The third-order valence-electron chi connectivity index (χ3n) is 4.49. The minimum absolute atomic E-state index is 0.0348. The van der Waals surface area contributed by atoms with Crippen molar-refractivity contribution in [1.82, 2.24) is 4.90 Å². The van der Waals surface area contributed by atoms with E-state index in [4.69, 9.17) is 9.15 Å². The summed E-state index contributed by atoms with van der Waals surface area (Å²) in [7, 11) is 0. The minimum Gasteiger partial charge on any atom is -0.456 e. The molecule has 0 unspecified atom stereocenters. The van der Waals surface area contributed by atoms with Crippen molar-refractivity contribution in [2.45, 2.75) is 6.42 Å². The predicted octanol–water partition coefficient (Wildman–Crippen LogP) is 2.38. The number of ketones is 1. The van der Waals surface area contributed by atoms with Gasteiger partial charge < -0.3 is 9.15 Å². The monoisotopic (exact) mass is 377 g/mol. The van der Waals surface area contributed by atoms with E-state index in [0.717, 1.165) is 10.3 Å². The van der Waals surface area contributed by atoms with Gasteiger partial charge in [-0.05, 0) is 23.8 Å². The van der Waals surface area contributed by atoms with Crippen LogP contribution in [0.4, 0.5) is 0 Å². The van der Waals surface area contributed by atoms with Crippen LogP contribution in [0.15, 0.2) is 59.0 Å². The van der Waals surface area contributed by atoms with Gasteiger partial charge in [0.05, 0.1) is 6.42 Å². The predicted molar refractivity (Wildman–Crippen MR) is 97.7 cm³/mol. The Morgan fingerprint density at radius 3 is 2.61 bits per heavy atom. The quantitative estimate of drug-likeness (QED) is 0.385. The molecule has 0 atom stereocenters. The average molecular weight is 377 g/mol. The normalized spacial score (nSPS) is 13.5. The second-order valence-corrected chi connectivity index (χ2v) is 6.35. The van der Waals surface area contributed by atoms with Crippen LogP contribution in [0.2, 0.25) is 0 Å². The van der Waals surface area contributed by atoms with Gasteiger partial charge in [0, 0.05) is 10.9 Å². The van der Waals surface area contributed by atoms with Gasteiger partial charge in [0.2, 0.25) is 11.7 Å². The van der Waals surface area contributed by atoms with Crippen LogP contribution in [-0.2, 0) is 20.7 Å². The van der Waals surface area contributed by atoms with Crippen molar-refractivity contribution in [3.63, 3.8) is 0 Å². The van der Waals surface area contributed by atoms with Crippen molar-refractivity contribution in [3.05, 3.63) is 71.5 Å². The van der Waals surface area contributed by atoms with Crippen molar-refractivity contribution in [1.29, 1.82) is 0 Å². The molecule has 1 aliphatic heterocycles. The van der Waals surface area contributed by atoms with Crippen LogP contribution in [0.5, 0.6) is 0 Å². The molecule has 3 aromatic rings. The number of carbonyl (C=O) groups is 4. The number of fused-ring (bicyclic) bond motifs is 2. The van der Waals surface area contributed by atoms with Gasteiger partial charge in [-0.15, -0.1) is 0 Å². The summed E-state index contributed by atoms with van der Waals surface area (Å²) < 4.78 is 10.4. The molecule has 0 saturated carbocycles. The van der Waals surface area contributed by atoms with Gasteiger partial charge in [-0.25, -0.2) is 0 Å². The molecule has 0 N–H and O–H groups in total. The molecule has 0 saturated heterocycles. The Bertz CT molecular complexity index is 1080. The summed E-state index contributed by atoms with van der Waals surface area (Å²) in [6.07, 6.45) is 0.0348. The van der Waals surface area contributed by atoms with Crippen molar-refractivity contribution in [2.75, 3.05) is 13.2 Å². The fraction of sp³-hybridized carbons (Fsp3) is 0.143. The van der Waals surface area contributed by atoms with Gasteiger partial charge in [-0.1, -0.05) is 36.4 Å². The van der Waals surface area contributed by atoms with Crippen molar-refractivity contribution < 1.29 is 28.3 Å². The number of hydrogen-bond donors (Lipinski definition) is 0. The largest absolute Gasteiger partial charge is 0.456 e. The maximum Gasteiger partial charge on any atom is 0.326 e. The van der Waals surface area contributed by atoms with Gasteiger partial charge in [-0.2, -0.15) is 0 Å². The molecule has 2 aromatic carbocycles. The molecule has 1 aliphatic rings. The molecule has 0 aliphatic carbocycles. The van der Waals surface area contributed by atoms with Crippen LogP contribution < -0.4 is 0 Å². The summed E-state index contributed by atoms with van der Waals surface area (Å²) in [5, 5.41) is 0.764. The number of benzene rings is 2. The number of furan rings is 1. The number of Topliss-reactive ketones (excluding diaryl/α,β-unsaturated/α-hetero) is 1. The minimum atomic E-state index is -0.842. The van der Waals surface area contributed by atoms with Gasteiger partial charge >= 0.3 is 5.97 Å². The van der Waals surface area contributed by atoms with E-state index in [1.54, 1.807) is 48.5 Å². The van der Waals surface area contributed by atoms with Crippen LogP contribution in [0.3, 0.4) is 0 Å². The van der Waals surface area contributed by atoms with Crippen LogP contribution in [-0.4, -0.2) is 41.6 Å². The van der Waals surface area contributed by atoms with E-state index in [-0.39, 0.29) is 12.2 Å². The van der Waals surface area contributed by atoms with E-state index in [0.29, 0.717) is 16.7 Å². The summed E-state index contributed by atoms with van der Waals surface area (Å²) in [6, 6.07) is 15.4. The smallest absolute Gasteiger partial charge is 0.326 e. The lowest BCUT2D eigenvalue weighted by Gasteiger charge is -2.25. The first-order chi connectivity index (χ1) is 13.5. The number of ether oxygens (including phenoxy) is 1. The highest BCUT2D eigenvalue weighted by atomic mass is 16.5. The molecule has 2 amide bonds. The summed E-state index contributed by atoms with van der Waals surface area (Å²) in [4.78, 5) is 49.7. The molecule has 0 spiro atoms. The van der Waals surface area contributed by atoms with Gasteiger partial charge in [0.1, 0.15) is 12.1 Å². The van der Waals surface area contributed by atoms with E-state index in [2.05, 4.69) is 0 Å². The molecule has 0 fully saturated rings. The maximum atomic E-state index is 12.4. The van der Waals surface area contributed by atoms with Crippen molar-refractivity contribution >= 4 is 34.5 Å². The Labute approximate surface area is 159 Å². The number of nitrogens with zero attached hydrogens (tertiary/aromatic N) is 1. The van der Waals surface area contributed by atoms with Gasteiger partial charge in [0.25, 0.3) is 5.91 Å². The molecule has 28 heavy (non-hydrogen) atoms. The van der Waals surface area contributed by atoms with E-state index in [1.165, 1.54) is 0 Å². The Balaban J connectivity index is 1.38. The third-order valence-corrected chi connectivity index (χ3v) is 4.49. The lowest BCUT2D eigenvalue weighted by atomic mass is 9.98. The lowest BCUT2D eigenvalue weighted by molar-refractivity contribution is -0.146. The zero-order valence-corrected chi connectivity index (χ0v) is 14.7. The first kappa shape index (κ1) is 17.7. The topological polar surface area (TPSA) is 93.9 Å². The molecule has 7 heteroatoms. The molecule has 1 aromatic heterocycles. The zero-order chi connectivity index (χ0) is 19.7. The number of carbonyl (C=O) groups excluding carboxylic acids is 4. The second kappa shape index (κ2) is 7.11. The Morgan fingerprint density at radius 2 is 1.79 bits per heavy atom. The van der Waals surface area contributed by atoms with Gasteiger partial charge in [-0.3, -0.25) is 24.1 Å². The zero-order valence-electron chi connectivity index (χ0n) is 14.7. The molecule has 4 rings (SSSR count). The first-order valence-electron chi connectivity index (χ1n) is 8.63. The van der Waals surface area contributed by atoms with Crippen LogP contribution in [0.1, 0.15) is 26.5 Å². The maximum absolute atomic E-state index is 12.4. The summed E-state index contributed by atoms with van der Waals surface area (Å²) >= 11 is 0. The fourth-order valence-corrected chi connectivity index (χ4v) is 3.07. The number of para-hydroxylation sites is 1. The standard InChI is InChI=1S/C21H15NO6/c23-16(18-9-14-6-2-4-8-17(14)28-18)12-27-20(25)11-22-19(24)10-13-5-1-3-7-15(13)21(22)26/h1-9H,10-12H2. The highest BCUT2D eigenvalue weighted by Crippen LogP contribution is 2.20. The average Bonchev–Trinajstić information content (AvgIpc) is 3.13. The molecular weight excluding hydrogens is 362 g/mol. The van der Waals surface area contributed by atoms with Crippen LogP contribution >= 0.6 is 0 Å². The molecular formula is C21H15NO6. The van der Waals surface area contributed by atoms with E-state index in [9.17, 15) is 19.2 Å². The van der Waals surface area contributed by atoms with Crippen molar-refractivity contribution in [3.8, 4) is 0 Å².